The summed E-state index contributed by atoms with van der Waals surface area (Å²) in [7, 11) is 0. The maximum absolute atomic E-state index is 5.06. The molecule has 1 aliphatic heterocycles. The van der Waals surface area contributed by atoms with Crippen LogP contribution in [-0.2, 0) is 4.74 Å². The maximum atomic E-state index is 5.06. The Balaban J connectivity index is 1.97. The molecule has 4 heteroatoms. The highest BCUT2D eigenvalue weighted by Gasteiger charge is 2.22. The Morgan fingerprint density at radius 3 is 2.43 bits per heavy atom. The van der Waals surface area contributed by atoms with Crippen LogP contribution in [-0.4, -0.2) is 24.4 Å². The quantitative estimate of drug-likeness (QED) is 0.252. The van der Waals surface area contributed by atoms with Gasteiger partial charge in [-0.1, -0.05) is 0 Å². The summed E-state index contributed by atoms with van der Waals surface area (Å²) in [6, 6.07) is 0. The minimum Gasteiger partial charge on any atom is -0.372 e. The van der Waals surface area contributed by atoms with Gasteiger partial charge in [0.1, 0.15) is 0 Å². The molecule has 42 valence electrons. The lowest BCUT2D eigenvalue weighted by Gasteiger charge is -2.03. The Kier molecular flexibility index (Phi) is 1.25. The predicted octanol–water partition coefficient (Wildman–Crippen LogP) is -1.57. The molecule has 4 N–H and O–H groups in total. The van der Waals surface area contributed by atoms with Gasteiger partial charge in [0.2, 0.25) is 0 Å². The van der Waals surface area contributed by atoms with Crippen molar-refractivity contribution in [3.63, 3.8) is 0 Å². The van der Waals surface area contributed by atoms with Gasteiger partial charge in [-0.15, -0.1) is 0 Å². The van der Waals surface area contributed by atoms with E-state index < -0.39 is 0 Å². The van der Waals surface area contributed by atoms with Crippen LogP contribution >= 0.6 is 0 Å². The van der Waals surface area contributed by atoms with Gasteiger partial charge in [0, 0.05) is 0 Å². The molecule has 0 bridgehead atoms. The molecule has 4 nitrogen and oxygen atoms in total. The van der Waals surface area contributed by atoms with E-state index in [-0.39, 0.29) is 0 Å². The Morgan fingerprint density at radius 2 is 2.29 bits per heavy atom. The molecule has 0 spiro atoms. The molecule has 1 saturated heterocycles. The van der Waals surface area contributed by atoms with Crippen molar-refractivity contribution in [3.05, 3.63) is 0 Å². The largest absolute Gasteiger partial charge is 0.372 e. The highest BCUT2D eigenvalue weighted by Crippen LogP contribution is 2.06. The molecule has 1 rings (SSSR count). The number of nitrogens with two attached hydrogens (primary N) is 2. The molecule has 1 fully saturated rings. The summed E-state index contributed by atoms with van der Waals surface area (Å²) in [5.74, 6) is 10.1. The van der Waals surface area contributed by atoms with Gasteiger partial charge >= 0.3 is 0 Å². The Labute approximate surface area is 42.0 Å². The Bertz CT molecular complexity index is 61.2. The zero-order valence-electron chi connectivity index (χ0n) is 4.00. The van der Waals surface area contributed by atoms with Gasteiger partial charge < -0.3 is 4.74 Å². The van der Waals surface area contributed by atoms with E-state index in [4.69, 9.17) is 16.4 Å². The molecular weight excluding hydrogens is 94.1 g/mol. The number of epoxide rings is 1. The van der Waals surface area contributed by atoms with Crippen LogP contribution in [0.5, 0.6) is 0 Å². The van der Waals surface area contributed by atoms with E-state index >= 15 is 0 Å². The van der Waals surface area contributed by atoms with Gasteiger partial charge in [-0.3, -0.25) is 11.7 Å². The average molecular weight is 103 g/mol. The molecule has 0 amide bonds. The first-order chi connectivity index (χ1) is 3.29. The molecule has 0 aromatic rings. The molecule has 1 unspecified atom stereocenters. The third-order valence-electron chi connectivity index (χ3n) is 0.817. The second-order valence-electron chi connectivity index (χ2n) is 1.65. The number of hydrogen-bond donors (Lipinski definition) is 2. The Hall–Kier alpha value is -0.160. The first kappa shape index (κ1) is 4.99. The molecule has 0 aromatic carbocycles. The molecule has 0 radical (unpaired) electrons. The van der Waals surface area contributed by atoms with Gasteiger partial charge in [0.15, 0.2) is 0 Å². The number of rotatable bonds is 2. The maximum Gasteiger partial charge on any atom is 0.0964 e. The van der Waals surface area contributed by atoms with Gasteiger partial charge in [-0.05, 0) is 0 Å². The van der Waals surface area contributed by atoms with Crippen LogP contribution in [0.2, 0.25) is 0 Å². The number of nitrogens with zero attached hydrogens (tertiary/aromatic N) is 1. The smallest absolute Gasteiger partial charge is 0.0964 e. The zero-order valence-corrected chi connectivity index (χ0v) is 4.00. The Morgan fingerprint density at radius 1 is 1.71 bits per heavy atom. The van der Waals surface area contributed by atoms with E-state index in [1.807, 2.05) is 0 Å². The molecule has 0 saturated carbocycles. The summed E-state index contributed by atoms with van der Waals surface area (Å²) in [6.45, 7) is 1.45. The van der Waals surface area contributed by atoms with E-state index in [2.05, 4.69) is 0 Å². The fourth-order valence-corrected chi connectivity index (χ4v) is 0.409. The van der Waals surface area contributed by atoms with Crippen molar-refractivity contribution in [1.82, 2.24) is 5.12 Å². The molecule has 0 aliphatic carbocycles. The normalized spacial score (nSPS) is 28.7. The minimum atomic E-state index is 0.301. The van der Waals surface area contributed by atoms with Crippen molar-refractivity contribution in [1.29, 1.82) is 0 Å². The van der Waals surface area contributed by atoms with Crippen LogP contribution in [0.15, 0.2) is 0 Å². The first-order valence-corrected chi connectivity index (χ1v) is 2.17. The monoisotopic (exact) mass is 103 g/mol. The predicted molar refractivity (Wildman–Crippen MR) is 24.8 cm³/mol. The van der Waals surface area contributed by atoms with Crippen LogP contribution in [0.3, 0.4) is 0 Å². The summed E-state index contributed by atoms with van der Waals surface area (Å²) in [5, 5.41) is 1.14. The summed E-state index contributed by atoms with van der Waals surface area (Å²) in [5.41, 5.74) is 0. The van der Waals surface area contributed by atoms with E-state index in [1.54, 1.807) is 0 Å². The van der Waals surface area contributed by atoms with E-state index in [1.165, 1.54) is 0 Å². The van der Waals surface area contributed by atoms with Gasteiger partial charge in [0.25, 0.3) is 0 Å². The third kappa shape index (κ3) is 1.84. The van der Waals surface area contributed by atoms with Gasteiger partial charge in [-0.2, -0.15) is 5.12 Å². The highest BCUT2D eigenvalue weighted by atomic mass is 16.6. The number of hydrazine groups is 2. The number of hydrogen-bond acceptors (Lipinski definition) is 4. The zero-order chi connectivity index (χ0) is 5.28. The fraction of sp³-hybridized carbons (Fsp3) is 1.00. The van der Waals surface area contributed by atoms with Crippen LogP contribution in [0.25, 0.3) is 0 Å². The standard InChI is InChI=1S/C3H9N3O/c4-6(5)1-3-2-7-3/h3H,1-2,4-5H2. The van der Waals surface area contributed by atoms with Gasteiger partial charge in [0.05, 0.1) is 19.3 Å². The fourth-order valence-electron chi connectivity index (χ4n) is 0.409. The lowest BCUT2D eigenvalue weighted by molar-refractivity contribution is 0.254. The summed E-state index contributed by atoms with van der Waals surface area (Å²) < 4.78 is 4.82. The van der Waals surface area contributed by atoms with Crippen LogP contribution in [0, 0.1) is 0 Å². The van der Waals surface area contributed by atoms with E-state index in [0.717, 1.165) is 11.7 Å². The summed E-state index contributed by atoms with van der Waals surface area (Å²) in [6.07, 6.45) is 0.301. The highest BCUT2D eigenvalue weighted by molar-refractivity contribution is 4.69. The van der Waals surface area contributed by atoms with Crippen molar-refractivity contribution in [3.8, 4) is 0 Å². The SMILES string of the molecule is NN(N)CC1CO1. The minimum absolute atomic E-state index is 0.301. The summed E-state index contributed by atoms with van der Waals surface area (Å²) in [4.78, 5) is 0. The third-order valence-corrected chi connectivity index (χ3v) is 0.817. The van der Waals surface area contributed by atoms with Crippen LogP contribution < -0.4 is 11.7 Å². The molecule has 1 heterocycles. The first-order valence-electron chi connectivity index (χ1n) is 2.17. The molecule has 1 atom stereocenters. The van der Waals surface area contributed by atoms with Crippen molar-refractivity contribution in [2.24, 2.45) is 11.7 Å². The van der Waals surface area contributed by atoms with E-state index in [9.17, 15) is 0 Å². The second-order valence-corrected chi connectivity index (χ2v) is 1.65. The lowest BCUT2D eigenvalue weighted by atomic mass is 10.5. The van der Waals surface area contributed by atoms with Crippen molar-refractivity contribution in [2.45, 2.75) is 6.10 Å². The molecular formula is C3H9N3O. The van der Waals surface area contributed by atoms with Crippen LogP contribution in [0.1, 0.15) is 0 Å². The second kappa shape index (κ2) is 1.75. The van der Waals surface area contributed by atoms with Crippen molar-refractivity contribution in [2.75, 3.05) is 13.2 Å². The summed E-state index contributed by atoms with van der Waals surface area (Å²) >= 11 is 0. The van der Waals surface area contributed by atoms with Crippen LogP contribution in [0.4, 0.5) is 0 Å². The molecule has 0 aromatic heterocycles. The number of ether oxygens (including phenoxy) is 1. The van der Waals surface area contributed by atoms with Gasteiger partial charge in [-0.25, -0.2) is 0 Å². The van der Waals surface area contributed by atoms with E-state index in [0.29, 0.717) is 12.6 Å². The average Bonchev–Trinajstić information content (AvgIpc) is 2.17. The van der Waals surface area contributed by atoms with Crippen molar-refractivity contribution >= 4 is 0 Å². The topological polar surface area (TPSA) is 67.8 Å². The molecule has 1 aliphatic rings. The lowest BCUT2D eigenvalue weighted by Crippen LogP contribution is -2.40. The molecule has 7 heavy (non-hydrogen) atoms. The van der Waals surface area contributed by atoms with Crippen molar-refractivity contribution < 1.29 is 4.74 Å².